The number of hydrogen-bond donors (Lipinski definition) is 2. The molecule has 7 nitrogen and oxygen atoms in total. The molecule has 0 aliphatic rings. The lowest BCUT2D eigenvalue weighted by atomic mass is 10.1. The van der Waals surface area contributed by atoms with Crippen molar-refractivity contribution in [2.24, 2.45) is 0 Å². The SMILES string of the molecule is Cc1cc([N+](=O)[O-])cc2cc(C#N)c(=N)n(O)c12. The van der Waals surface area contributed by atoms with Gasteiger partial charge >= 0.3 is 0 Å². The molecule has 1 aromatic carbocycles. The van der Waals surface area contributed by atoms with E-state index in [0.29, 0.717) is 15.7 Å². The van der Waals surface area contributed by atoms with Crippen LogP contribution in [-0.4, -0.2) is 14.9 Å². The molecule has 0 radical (unpaired) electrons. The van der Waals surface area contributed by atoms with E-state index in [4.69, 9.17) is 10.7 Å². The first kappa shape index (κ1) is 11.6. The summed E-state index contributed by atoms with van der Waals surface area (Å²) in [6, 6.07) is 5.68. The van der Waals surface area contributed by atoms with Crippen molar-refractivity contribution in [2.45, 2.75) is 6.92 Å². The van der Waals surface area contributed by atoms with E-state index < -0.39 is 4.92 Å². The van der Waals surface area contributed by atoms with Gasteiger partial charge in [0.1, 0.15) is 6.07 Å². The summed E-state index contributed by atoms with van der Waals surface area (Å²) >= 11 is 0. The fourth-order valence-corrected chi connectivity index (χ4v) is 1.83. The van der Waals surface area contributed by atoms with Crippen molar-refractivity contribution in [3.05, 3.63) is 44.9 Å². The molecule has 0 atom stereocenters. The summed E-state index contributed by atoms with van der Waals surface area (Å²) in [6.45, 7) is 1.59. The van der Waals surface area contributed by atoms with Gasteiger partial charge in [-0.2, -0.15) is 9.99 Å². The standard InChI is InChI=1S/C11H8N4O3/c1-6-2-9(15(17)18)4-7-3-8(5-12)11(13)14(16)10(6)7/h2-4,13,16H,1H3. The van der Waals surface area contributed by atoms with Gasteiger partial charge in [-0.3, -0.25) is 15.5 Å². The minimum atomic E-state index is -0.547. The molecule has 7 heteroatoms. The molecule has 0 saturated heterocycles. The van der Waals surface area contributed by atoms with Crippen molar-refractivity contribution >= 4 is 16.6 Å². The molecule has 1 aromatic heterocycles. The third-order valence-electron chi connectivity index (χ3n) is 2.62. The van der Waals surface area contributed by atoms with E-state index in [2.05, 4.69) is 0 Å². The van der Waals surface area contributed by atoms with Gasteiger partial charge in [0.15, 0.2) is 5.49 Å². The van der Waals surface area contributed by atoms with E-state index in [1.54, 1.807) is 13.0 Å². The van der Waals surface area contributed by atoms with Crippen LogP contribution in [0.1, 0.15) is 11.1 Å². The van der Waals surface area contributed by atoms with Crippen LogP contribution in [-0.2, 0) is 0 Å². The molecule has 18 heavy (non-hydrogen) atoms. The van der Waals surface area contributed by atoms with Crippen LogP contribution < -0.4 is 5.49 Å². The van der Waals surface area contributed by atoms with E-state index in [0.717, 1.165) is 0 Å². The first-order chi connectivity index (χ1) is 8.45. The number of nitrogens with zero attached hydrogens (tertiary/aromatic N) is 3. The fraction of sp³-hybridized carbons (Fsp3) is 0.0909. The highest BCUT2D eigenvalue weighted by Crippen LogP contribution is 2.23. The predicted molar refractivity (Wildman–Crippen MR) is 61.1 cm³/mol. The molecule has 2 aromatic rings. The zero-order valence-electron chi connectivity index (χ0n) is 9.34. The average Bonchev–Trinajstić information content (AvgIpc) is 2.32. The number of non-ortho nitro benzene ring substituents is 1. The molecule has 0 aliphatic heterocycles. The molecule has 0 spiro atoms. The van der Waals surface area contributed by atoms with Crippen LogP contribution in [0.2, 0.25) is 0 Å². The van der Waals surface area contributed by atoms with Gasteiger partial charge in [0.25, 0.3) is 5.69 Å². The summed E-state index contributed by atoms with van der Waals surface area (Å²) in [5.74, 6) is 0. The van der Waals surface area contributed by atoms with Gasteiger partial charge in [0.2, 0.25) is 0 Å². The van der Waals surface area contributed by atoms with E-state index in [1.165, 1.54) is 18.2 Å². The second kappa shape index (κ2) is 3.85. The average molecular weight is 244 g/mol. The molecular formula is C11H8N4O3. The summed E-state index contributed by atoms with van der Waals surface area (Å²) in [6.07, 6.45) is 0. The number of pyridine rings is 1. The highest BCUT2D eigenvalue weighted by molar-refractivity contribution is 5.85. The summed E-state index contributed by atoms with van der Waals surface area (Å²) in [5, 5.41) is 37.3. The molecule has 90 valence electrons. The van der Waals surface area contributed by atoms with Gasteiger partial charge in [-0.05, 0) is 18.6 Å². The smallest absolute Gasteiger partial charge is 0.270 e. The molecule has 0 fully saturated rings. The van der Waals surface area contributed by atoms with Crippen LogP contribution in [0.5, 0.6) is 0 Å². The monoisotopic (exact) mass is 244 g/mol. The highest BCUT2D eigenvalue weighted by atomic mass is 16.6. The van der Waals surface area contributed by atoms with Crippen molar-refractivity contribution in [3.8, 4) is 6.07 Å². The molecule has 2 N–H and O–H groups in total. The molecule has 1 heterocycles. The molecule has 0 unspecified atom stereocenters. The van der Waals surface area contributed by atoms with E-state index in [9.17, 15) is 15.3 Å². The van der Waals surface area contributed by atoms with Crippen LogP contribution in [0.4, 0.5) is 5.69 Å². The molecular weight excluding hydrogens is 236 g/mol. The second-order valence-electron chi connectivity index (χ2n) is 3.79. The number of aryl methyl sites for hydroxylation is 1. The van der Waals surface area contributed by atoms with Gasteiger partial charge in [0, 0.05) is 17.5 Å². The Bertz CT molecular complexity index is 770. The summed E-state index contributed by atoms with van der Waals surface area (Å²) < 4.78 is 0.562. The Balaban J connectivity index is 2.99. The summed E-state index contributed by atoms with van der Waals surface area (Å²) in [5.41, 5.74) is 0.220. The number of nitro benzene ring substituents is 1. The molecule has 0 aliphatic carbocycles. The molecule has 2 rings (SSSR count). The normalized spacial score (nSPS) is 10.2. The Morgan fingerprint density at radius 1 is 1.50 bits per heavy atom. The first-order valence-corrected chi connectivity index (χ1v) is 4.94. The van der Waals surface area contributed by atoms with Crippen molar-refractivity contribution < 1.29 is 10.1 Å². The maximum atomic E-state index is 10.7. The maximum absolute atomic E-state index is 10.7. The van der Waals surface area contributed by atoms with Crippen LogP contribution in [0.25, 0.3) is 10.9 Å². The lowest BCUT2D eigenvalue weighted by molar-refractivity contribution is -0.384. The Morgan fingerprint density at radius 3 is 2.72 bits per heavy atom. The predicted octanol–water partition coefficient (Wildman–Crippen LogP) is 1.45. The van der Waals surface area contributed by atoms with Crippen LogP contribution in [0.15, 0.2) is 18.2 Å². The van der Waals surface area contributed by atoms with Crippen molar-refractivity contribution in [1.82, 2.24) is 4.73 Å². The summed E-state index contributed by atoms with van der Waals surface area (Å²) in [4.78, 5) is 10.2. The number of aromatic nitrogens is 1. The van der Waals surface area contributed by atoms with Crippen molar-refractivity contribution in [3.63, 3.8) is 0 Å². The Kier molecular flexibility index (Phi) is 2.48. The zero-order chi connectivity index (χ0) is 13.4. The largest absolute Gasteiger partial charge is 0.426 e. The Morgan fingerprint density at radius 2 is 2.17 bits per heavy atom. The summed E-state index contributed by atoms with van der Waals surface area (Å²) in [7, 11) is 0. The van der Waals surface area contributed by atoms with E-state index in [1.807, 2.05) is 0 Å². The number of nitriles is 1. The third kappa shape index (κ3) is 1.56. The molecule has 0 bridgehead atoms. The zero-order valence-corrected chi connectivity index (χ0v) is 9.34. The number of hydrogen-bond acceptors (Lipinski definition) is 5. The van der Waals surface area contributed by atoms with Crippen LogP contribution >= 0.6 is 0 Å². The number of nitro groups is 1. The van der Waals surface area contributed by atoms with Crippen molar-refractivity contribution in [2.75, 3.05) is 0 Å². The van der Waals surface area contributed by atoms with Crippen molar-refractivity contribution in [1.29, 1.82) is 10.7 Å². The van der Waals surface area contributed by atoms with Gasteiger partial charge in [-0.15, -0.1) is 0 Å². The second-order valence-corrected chi connectivity index (χ2v) is 3.79. The maximum Gasteiger partial charge on any atom is 0.270 e. The minimum absolute atomic E-state index is 0.0510. The van der Waals surface area contributed by atoms with E-state index >= 15 is 0 Å². The number of fused-ring (bicyclic) bond motifs is 1. The highest BCUT2D eigenvalue weighted by Gasteiger charge is 2.14. The Hall–Kier alpha value is -2.88. The van der Waals surface area contributed by atoms with E-state index in [-0.39, 0.29) is 22.3 Å². The Labute approximate surface area is 101 Å². The third-order valence-corrected chi connectivity index (χ3v) is 2.62. The fourth-order valence-electron chi connectivity index (χ4n) is 1.83. The number of benzene rings is 1. The molecule has 0 saturated carbocycles. The van der Waals surface area contributed by atoms with Crippen LogP contribution in [0.3, 0.4) is 0 Å². The van der Waals surface area contributed by atoms with Gasteiger partial charge in [-0.25, -0.2) is 0 Å². The topological polar surface area (TPSA) is 116 Å². The quantitative estimate of drug-likeness (QED) is 0.448. The minimum Gasteiger partial charge on any atom is -0.426 e. The lowest BCUT2D eigenvalue weighted by Gasteiger charge is -2.08. The number of rotatable bonds is 1. The van der Waals surface area contributed by atoms with Gasteiger partial charge in [-0.1, -0.05) is 0 Å². The van der Waals surface area contributed by atoms with Crippen LogP contribution in [0, 0.1) is 33.8 Å². The first-order valence-electron chi connectivity index (χ1n) is 4.94. The lowest BCUT2D eigenvalue weighted by Crippen LogP contribution is -2.21. The molecule has 0 amide bonds. The van der Waals surface area contributed by atoms with Gasteiger partial charge in [0.05, 0.1) is 16.0 Å². The number of nitrogens with one attached hydrogen (secondary N) is 1. The van der Waals surface area contributed by atoms with Gasteiger partial charge < -0.3 is 5.21 Å².